The van der Waals surface area contributed by atoms with Gasteiger partial charge in [-0.1, -0.05) is 23.7 Å². The molecule has 4 rings (SSSR count). The lowest BCUT2D eigenvalue weighted by Crippen LogP contribution is -2.29. The number of nitrogens with zero attached hydrogens (tertiary/aromatic N) is 1. The first kappa shape index (κ1) is 24.2. The molecule has 0 bridgehead atoms. The van der Waals surface area contributed by atoms with Crippen LogP contribution in [0.25, 0.3) is 5.76 Å². The second kappa shape index (κ2) is 8.99. The molecule has 0 radical (unpaired) electrons. The van der Waals surface area contributed by atoms with Gasteiger partial charge in [0.1, 0.15) is 17.3 Å². The van der Waals surface area contributed by atoms with Crippen molar-refractivity contribution in [1.82, 2.24) is 0 Å². The van der Waals surface area contributed by atoms with Crippen LogP contribution in [0.5, 0.6) is 11.5 Å². The van der Waals surface area contributed by atoms with E-state index in [0.29, 0.717) is 5.75 Å². The number of hydrogen-bond donors (Lipinski definition) is 2. The van der Waals surface area contributed by atoms with Crippen LogP contribution in [0.4, 0.5) is 18.9 Å². The van der Waals surface area contributed by atoms with Crippen molar-refractivity contribution in [2.45, 2.75) is 12.2 Å². The molecule has 1 atom stereocenters. The van der Waals surface area contributed by atoms with Crippen LogP contribution in [-0.2, 0) is 15.8 Å². The lowest BCUT2D eigenvalue weighted by Gasteiger charge is -2.26. The largest absolute Gasteiger partial charge is 0.508 e. The van der Waals surface area contributed by atoms with E-state index in [4.69, 9.17) is 16.3 Å². The maximum Gasteiger partial charge on any atom is 0.416 e. The molecule has 35 heavy (non-hydrogen) atoms. The lowest BCUT2D eigenvalue weighted by atomic mass is 9.94. The minimum Gasteiger partial charge on any atom is -0.508 e. The number of anilines is 1. The van der Waals surface area contributed by atoms with Crippen molar-refractivity contribution >= 4 is 34.7 Å². The number of phenols is 1. The number of methoxy groups -OCH3 is 1. The second-order valence-corrected chi connectivity index (χ2v) is 8.06. The molecule has 0 spiro atoms. The molecule has 180 valence electrons. The van der Waals surface area contributed by atoms with Gasteiger partial charge in [0.2, 0.25) is 0 Å². The highest BCUT2D eigenvalue weighted by molar-refractivity contribution is 6.52. The number of aromatic hydroxyl groups is 1. The van der Waals surface area contributed by atoms with Crippen LogP contribution in [0.15, 0.2) is 72.3 Å². The number of aliphatic hydroxyl groups excluding tert-OH is 1. The van der Waals surface area contributed by atoms with Crippen LogP contribution in [0.1, 0.15) is 22.7 Å². The van der Waals surface area contributed by atoms with Gasteiger partial charge in [-0.2, -0.15) is 13.2 Å². The topological polar surface area (TPSA) is 87.1 Å². The Morgan fingerprint density at radius 1 is 1.03 bits per heavy atom. The van der Waals surface area contributed by atoms with E-state index in [-0.39, 0.29) is 33.2 Å². The number of carbonyl (C=O) groups is 2. The summed E-state index contributed by atoms with van der Waals surface area (Å²) in [4.78, 5) is 27.2. The number of rotatable bonds is 4. The van der Waals surface area contributed by atoms with Gasteiger partial charge in [0.15, 0.2) is 0 Å². The quantitative estimate of drug-likeness (QED) is 0.271. The third-order valence-electron chi connectivity index (χ3n) is 5.53. The Hall–Kier alpha value is -3.98. The summed E-state index contributed by atoms with van der Waals surface area (Å²) in [6.07, 6.45) is -4.60. The van der Waals surface area contributed by atoms with E-state index >= 15 is 0 Å². The van der Waals surface area contributed by atoms with E-state index in [9.17, 15) is 33.0 Å². The van der Waals surface area contributed by atoms with Gasteiger partial charge in [0, 0.05) is 11.3 Å². The molecule has 1 amide bonds. The molecule has 3 aromatic rings. The first-order valence-electron chi connectivity index (χ1n) is 10.1. The van der Waals surface area contributed by atoms with Gasteiger partial charge in [-0.3, -0.25) is 14.5 Å². The van der Waals surface area contributed by atoms with Crippen LogP contribution in [0.2, 0.25) is 5.02 Å². The third kappa shape index (κ3) is 4.42. The average Bonchev–Trinajstić information content (AvgIpc) is 3.09. The molecule has 0 aliphatic carbocycles. The second-order valence-electron chi connectivity index (χ2n) is 7.65. The van der Waals surface area contributed by atoms with Crippen LogP contribution in [0.3, 0.4) is 0 Å². The molecule has 2 N–H and O–H groups in total. The van der Waals surface area contributed by atoms with Gasteiger partial charge in [-0.15, -0.1) is 0 Å². The van der Waals surface area contributed by atoms with Gasteiger partial charge < -0.3 is 14.9 Å². The number of amides is 1. The highest BCUT2D eigenvalue weighted by atomic mass is 35.5. The predicted octanol–water partition coefficient (Wildman–Crippen LogP) is 5.70. The maximum absolute atomic E-state index is 13.1. The lowest BCUT2D eigenvalue weighted by molar-refractivity contribution is -0.137. The van der Waals surface area contributed by atoms with Crippen molar-refractivity contribution in [3.8, 4) is 11.5 Å². The SMILES string of the molecule is COc1ccc(Cl)c(/C(O)=C2\C(=O)C(=O)N(c3ccc(C(F)(F)F)cc3)C2c2cccc(O)c2)c1. The molecule has 1 aliphatic heterocycles. The summed E-state index contributed by atoms with van der Waals surface area (Å²) in [6, 6.07) is 12.4. The molecule has 10 heteroatoms. The highest BCUT2D eigenvalue weighted by Gasteiger charge is 2.47. The molecule has 1 saturated heterocycles. The Bertz CT molecular complexity index is 1350. The fourth-order valence-electron chi connectivity index (χ4n) is 3.88. The first-order chi connectivity index (χ1) is 16.5. The summed E-state index contributed by atoms with van der Waals surface area (Å²) >= 11 is 6.24. The minimum atomic E-state index is -4.60. The number of ketones is 1. The number of benzene rings is 3. The van der Waals surface area contributed by atoms with Crippen molar-refractivity contribution in [3.63, 3.8) is 0 Å². The standard InChI is InChI=1S/C25H17ClF3NO5/c1-35-17-9-10-19(26)18(12-17)22(32)20-21(13-3-2-4-16(31)11-13)30(24(34)23(20)33)15-7-5-14(6-8-15)25(27,28)29/h2-12,21,31-32H,1H3/b22-20+. The molecule has 1 heterocycles. The fourth-order valence-corrected chi connectivity index (χ4v) is 4.09. The van der Waals surface area contributed by atoms with Crippen LogP contribution in [0, 0.1) is 0 Å². The monoisotopic (exact) mass is 503 g/mol. The molecule has 6 nitrogen and oxygen atoms in total. The zero-order chi connectivity index (χ0) is 25.5. The number of Topliss-reactive ketones (excluding diaryl/α,β-unsaturated/α-hetero) is 1. The Morgan fingerprint density at radius 2 is 1.71 bits per heavy atom. The number of phenolic OH excluding ortho intramolecular Hbond substituents is 1. The summed E-state index contributed by atoms with van der Waals surface area (Å²) in [5.41, 5.74) is -1.04. The van der Waals surface area contributed by atoms with Crippen molar-refractivity contribution in [1.29, 1.82) is 0 Å². The number of halogens is 4. The van der Waals surface area contributed by atoms with Crippen molar-refractivity contribution in [3.05, 3.63) is 94.0 Å². The smallest absolute Gasteiger partial charge is 0.416 e. The van der Waals surface area contributed by atoms with Crippen molar-refractivity contribution in [2.75, 3.05) is 12.0 Å². The molecule has 1 fully saturated rings. The van der Waals surface area contributed by atoms with E-state index in [0.717, 1.165) is 29.2 Å². The molecule has 0 aromatic heterocycles. The Balaban J connectivity index is 1.94. The minimum absolute atomic E-state index is 0.00997. The number of ether oxygens (including phenoxy) is 1. The van der Waals surface area contributed by atoms with E-state index in [2.05, 4.69) is 0 Å². The average molecular weight is 504 g/mol. The fraction of sp³-hybridized carbons (Fsp3) is 0.120. The number of carbonyl (C=O) groups excluding carboxylic acids is 2. The van der Waals surface area contributed by atoms with Gasteiger partial charge in [-0.25, -0.2) is 0 Å². The Labute approximate surface area is 202 Å². The Morgan fingerprint density at radius 3 is 2.31 bits per heavy atom. The van der Waals surface area contributed by atoms with E-state index in [1.807, 2.05) is 0 Å². The van der Waals surface area contributed by atoms with Gasteiger partial charge >= 0.3 is 6.18 Å². The van der Waals surface area contributed by atoms with Crippen LogP contribution < -0.4 is 9.64 Å². The predicted molar refractivity (Wildman–Crippen MR) is 122 cm³/mol. The molecule has 3 aromatic carbocycles. The molecular formula is C25H17ClF3NO5. The normalized spacial score (nSPS) is 17.6. The van der Waals surface area contributed by atoms with Gasteiger partial charge in [0.05, 0.1) is 29.3 Å². The van der Waals surface area contributed by atoms with Gasteiger partial charge in [-0.05, 0) is 60.2 Å². The summed E-state index contributed by atoms with van der Waals surface area (Å²) < 4.78 is 44.3. The third-order valence-corrected chi connectivity index (χ3v) is 5.86. The van der Waals surface area contributed by atoms with Crippen molar-refractivity contribution in [2.24, 2.45) is 0 Å². The molecule has 0 saturated carbocycles. The summed E-state index contributed by atoms with van der Waals surface area (Å²) in [7, 11) is 1.39. The molecule has 1 aliphatic rings. The van der Waals surface area contributed by atoms with E-state index in [1.165, 1.54) is 49.6 Å². The van der Waals surface area contributed by atoms with Crippen LogP contribution >= 0.6 is 11.6 Å². The summed E-state index contributed by atoms with van der Waals surface area (Å²) in [5.74, 6) is -2.61. The van der Waals surface area contributed by atoms with E-state index in [1.54, 1.807) is 0 Å². The summed E-state index contributed by atoms with van der Waals surface area (Å²) in [5, 5.41) is 21.2. The zero-order valence-corrected chi connectivity index (χ0v) is 18.8. The first-order valence-corrected chi connectivity index (χ1v) is 10.5. The van der Waals surface area contributed by atoms with E-state index < -0.39 is 35.2 Å². The highest BCUT2D eigenvalue weighted by Crippen LogP contribution is 2.44. The zero-order valence-electron chi connectivity index (χ0n) is 18.0. The summed E-state index contributed by atoms with van der Waals surface area (Å²) in [6.45, 7) is 0. The molecular weight excluding hydrogens is 487 g/mol. The van der Waals surface area contributed by atoms with Crippen molar-refractivity contribution < 1.29 is 37.7 Å². The Kier molecular flexibility index (Phi) is 6.21. The maximum atomic E-state index is 13.1. The van der Waals surface area contributed by atoms with Gasteiger partial charge in [0.25, 0.3) is 11.7 Å². The number of hydrogen-bond acceptors (Lipinski definition) is 5. The van der Waals surface area contributed by atoms with Crippen LogP contribution in [-0.4, -0.2) is 29.0 Å². The number of aliphatic hydroxyl groups is 1. The number of alkyl halides is 3. The molecule has 1 unspecified atom stereocenters.